The number of aryl methyl sites for hydroxylation is 1. The van der Waals surface area contributed by atoms with E-state index in [1.54, 1.807) is 37.3 Å². The van der Waals surface area contributed by atoms with E-state index >= 15 is 0 Å². The van der Waals surface area contributed by atoms with Crippen molar-refractivity contribution >= 4 is 35.6 Å². The van der Waals surface area contributed by atoms with E-state index in [-0.39, 0.29) is 17.9 Å². The molecular formula is C27H24N2O8. The standard InChI is InChI=1S/C27H24N2O8/c1-3-17-7-5-6-8-20(17)29-25(31)19(24(30)28-27(29)34)13-16-9-11-21(23(14-16)35-4-2)36-15-18-10-12-22(37-18)26(32)33/h5-14H,3-4,15H2,1-2H3,(H,32,33)(H,28,30,34). The highest BCUT2D eigenvalue weighted by Crippen LogP contribution is 2.31. The first-order valence-electron chi connectivity index (χ1n) is 11.5. The molecule has 0 bridgehead atoms. The summed E-state index contributed by atoms with van der Waals surface area (Å²) in [6.07, 6.45) is 1.97. The van der Waals surface area contributed by atoms with Crippen LogP contribution in [0.2, 0.25) is 0 Å². The van der Waals surface area contributed by atoms with Crippen LogP contribution in [0.3, 0.4) is 0 Å². The topological polar surface area (TPSA) is 135 Å². The molecule has 1 fully saturated rings. The number of urea groups is 1. The van der Waals surface area contributed by atoms with Crippen molar-refractivity contribution < 1.29 is 38.2 Å². The Kier molecular flexibility index (Phi) is 7.38. The van der Waals surface area contributed by atoms with E-state index in [4.69, 9.17) is 19.0 Å². The number of nitrogens with zero attached hydrogens (tertiary/aromatic N) is 1. The number of carbonyl (C=O) groups excluding carboxylic acids is 3. The fourth-order valence-corrected chi connectivity index (χ4v) is 3.79. The summed E-state index contributed by atoms with van der Waals surface area (Å²) >= 11 is 0. The van der Waals surface area contributed by atoms with Crippen LogP contribution in [0.15, 0.2) is 64.6 Å². The number of imide groups is 2. The second kappa shape index (κ2) is 10.8. The molecule has 2 N–H and O–H groups in total. The van der Waals surface area contributed by atoms with E-state index in [2.05, 4.69) is 5.32 Å². The van der Waals surface area contributed by atoms with Gasteiger partial charge in [0.05, 0.1) is 12.3 Å². The fraction of sp³-hybridized carbons (Fsp3) is 0.185. The third-order valence-corrected chi connectivity index (χ3v) is 5.54. The minimum Gasteiger partial charge on any atom is -0.490 e. The lowest BCUT2D eigenvalue weighted by atomic mass is 10.0. The van der Waals surface area contributed by atoms with Gasteiger partial charge in [-0.1, -0.05) is 31.2 Å². The Labute approximate surface area is 212 Å². The van der Waals surface area contributed by atoms with Crippen LogP contribution >= 0.6 is 0 Å². The Balaban J connectivity index is 1.61. The number of rotatable bonds is 9. The van der Waals surface area contributed by atoms with Gasteiger partial charge >= 0.3 is 12.0 Å². The van der Waals surface area contributed by atoms with Gasteiger partial charge < -0.3 is 19.0 Å². The predicted octanol–water partition coefficient (Wildman–Crippen LogP) is 4.18. The minimum atomic E-state index is -1.18. The van der Waals surface area contributed by atoms with Crippen LogP contribution in [0.25, 0.3) is 6.08 Å². The monoisotopic (exact) mass is 504 g/mol. The molecule has 3 aromatic rings. The fourth-order valence-electron chi connectivity index (χ4n) is 3.79. The molecule has 0 radical (unpaired) electrons. The number of carbonyl (C=O) groups is 4. The van der Waals surface area contributed by atoms with E-state index in [0.29, 0.717) is 41.5 Å². The molecule has 1 aromatic heterocycles. The molecule has 0 unspecified atom stereocenters. The first kappa shape index (κ1) is 25.2. The number of hydrogen-bond acceptors (Lipinski definition) is 7. The molecule has 10 nitrogen and oxygen atoms in total. The molecule has 190 valence electrons. The zero-order valence-corrected chi connectivity index (χ0v) is 20.1. The molecule has 4 rings (SSSR count). The summed E-state index contributed by atoms with van der Waals surface area (Å²) < 4.78 is 16.6. The number of furan rings is 1. The maximum absolute atomic E-state index is 13.3. The first-order chi connectivity index (χ1) is 17.8. The van der Waals surface area contributed by atoms with Crippen LogP contribution in [0, 0.1) is 0 Å². The zero-order valence-electron chi connectivity index (χ0n) is 20.1. The number of carboxylic acid groups (broad SMARTS) is 1. The van der Waals surface area contributed by atoms with Crippen molar-refractivity contribution in [3.63, 3.8) is 0 Å². The van der Waals surface area contributed by atoms with Gasteiger partial charge in [0.1, 0.15) is 17.9 Å². The van der Waals surface area contributed by atoms with Crippen molar-refractivity contribution in [2.24, 2.45) is 0 Å². The summed E-state index contributed by atoms with van der Waals surface area (Å²) in [4.78, 5) is 50.4. The van der Waals surface area contributed by atoms with Gasteiger partial charge in [-0.25, -0.2) is 14.5 Å². The molecule has 0 aliphatic carbocycles. The zero-order chi connectivity index (χ0) is 26.5. The molecule has 0 atom stereocenters. The Morgan fingerprint density at radius 2 is 1.81 bits per heavy atom. The van der Waals surface area contributed by atoms with Crippen LogP contribution in [0.5, 0.6) is 11.5 Å². The summed E-state index contributed by atoms with van der Waals surface area (Å²) in [6, 6.07) is 13.8. The quantitative estimate of drug-likeness (QED) is 0.327. The number of carboxylic acids is 1. The lowest BCUT2D eigenvalue weighted by Crippen LogP contribution is -2.54. The Bertz CT molecular complexity index is 1400. The van der Waals surface area contributed by atoms with Crippen LogP contribution in [-0.2, 0) is 22.6 Å². The van der Waals surface area contributed by atoms with Gasteiger partial charge in [-0.3, -0.25) is 14.9 Å². The van der Waals surface area contributed by atoms with Crippen molar-refractivity contribution in [1.82, 2.24) is 5.32 Å². The van der Waals surface area contributed by atoms with Gasteiger partial charge in [-0.2, -0.15) is 0 Å². The highest BCUT2D eigenvalue weighted by molar-refractivity contribution is 6.39. The largest absolute Gasteiger partial charge is 0.490 e. The molecule has 1 saturated heterocycles. The highest BCUT2D eigenvalue weighted by Gasteiger charge is 2.37. The van der Waals surface area contributed by atoms with Gasteiger partial charge in [-0.05, 0) is 60.9 Å². The van der Waals surface area contributed by atoms with E-state index in [1.165, 1.54) is 18.2 Å². The molecule has 37 heavy (non-hydrogen) atoms. The van der Waals surface area contributed by atoms with Crippen molar-refractivity contribution in [2.45, 2.75) is 26.9 Å². The van der Waals surface area contributed by atoms with Crippen molar-refractivity contribution in [2.75, 3.05) is 11.5 Å². The van der Waals surface area contributed by atoms with Crippen LogP contribution in [0.4, 0.5) is 10.5 Å². The maximum Gasteiger partial charge on any atom is 0.371 e. The van der Waals surface area contributed by atoms with Crippen LogP contribution < -0.4 is 19.7 Å². The molecule has 0 spiro atoms. The lowest BCUT2D eigenvalue weighted by molar-refractivity contribution is -0.122. The van der Waals surface area contributed by atoms with Crippen molar-refractivity contribution in [1.29, 1.82) is 0 Å². The molecule has 2 aromatic carbocycles. The number of ether oxygens (including phenoxy) is 2. The number of amides is 4. The smallest absolute Gasteiger partial charge is 0.371 e. The van der Waals surface area contributed by atoms with Crippen molar-refractivity contribution in [3.8, 4) is 11.5 Å². The Morgan fingerprint density at radius 3 is 2.51 bits per heavy atom. The van der Waals surface area contributed by atoms with Gasteiger partial charge in [-0.15, -0.1) is 0 Å². The molecule has 10 heteroatoms. The minimum absolute atomic E-state index is 0.0391. The SMILES string of the molecule is CCOc1cc(C=C2C(=O)NC(=O)N(c3ccccc3CC)C2=O)ccc1OCc1ccc(C(=O)O)o1. The summed E-state index contributed by atoms with van der Waals surface area (Å²) in [5.74, 6) is -1.91. The summed E-state index contributed by atoms with van der Waals surface area (Å²) in [6.45, 7) is 3.97. The molecule has 1 aliphatic heterocycles. The van der Waals surface area contributed by atoms with Gasteiger partial charge in [0.2, 0.25) is 5.76 Å². The first-order valence-corrected chi connectivity index (χ1v) is 11.5. The molecule has 0 saturated carbocycles. The maximum atomic E-state index is 13.3. The molecule has 4 amide bonds. The highest BCUT2D eigenvalue weighted by atomic mass is 16.5. The second-order valence-corrected chi connectivity index (χ2v) is 7.94. The van der Waals surface area contributed by atoms with E-state index < -0.39 is 23.8 Å². The average molecular weight is 504 g/mol. The van der Waals surface area contributed by atoms with Gasteiger partial charge in [0.25, 0.3) is 11.8 Å². The number of anilines is 1. The number of para-hydroxylation sites is 1. The molecule has 1 aliphatic rings. The van der Waals surface area contributed by atoms with E-state index in [9.17, 15) is 19.2 Å². The summed E-state index contributed by atoms with van der Waals surface area (Å²) in [7, 11) is 0. The Morgan fingerprint density at radius 1 is 1.03 bits per heavy atom. The summed E-state index contributed by atoms with van der Waals surface area (Å²) in [5.41, 5.74) is 1.46. The van der Waals surface area contributed by atoms with Crippen molar-refractivity contribution in [3.05, 3.63) is 82.8 Å². The summed E-state index contributed by atoms with van der Waals surface area (Å²) in [5, 5.41) is 11.2. The number of benzene rings is 2. The normalized spacial score (nSPS) is 14.6. The average Bonchev–Trinajstić information content (AvgIpc) is 3.36. The third-order valence-electron chi connectivity index (χ3n) is 5.54. The molecular weight excluding hydrogens is 480 g/mol. The number of barbiturate groups is 1. The molecule has 2 heterocycles. The van der Waals surface area contributed by atoms with Gasteiger partial charge in [0.15, 0.2) is 11.5 Å². The Hall–Kier alpha value is -4.86. The predicted molar refractivity (Wildman–Crippen MR) is 132 cm³/mol. The number of nitrogens with one attached hydrogen (secondary N) is 1. The second-order valence-electron chi connectivity index (χ2n) is 7.94. The van der Waals surface area contributed by atoms with Gasteiger partial charge in [0, 0.05) is 0 Å². The third kappa shape index (κ3) is 5.37. The number of hydrogen-bond donors (Lipinski definition) is 2. The van der Waals surface area contributed by atoms with E-state index in [1.807, 2.05) is 19.1 Å². The van der Waals surface area contributed by atoms with E-state index in [0.717, 1.165) is 10.5 Å². The van der Waals surface area contributed by atoms with Crippen LogP contribution in [-0.4, -0.2) is 35.5 Å². The van der Waals surface area contributed by atoms with Crippen LogP contribution in [0.1, 0.15) is 41.3 Å². The lowest BCUT2D eigenvalue weighted by Gasteiger charge is -2.28. The number of aromatic carboxylic acids is 1.